The Kier molecular flexibility index (Phi) is 6.01. The molecule has 150 valence electrons. The average molecular weight is 456 g/mol. The van der Waals surface area contributed by atoms with Gasteiger partial charge >= 0.3 is 0 Å². The summed E-state index contributed by atoms with van der Waals surface area (Å²) in [5, 5.41) is 19.6. The maximum Gasteiger partial charge on any atom is 0.295 e. The molecule has 0 bridgehead atoms. The predicted octanol–water partition coefficient (Wildman–Crippen LogP) is 5.26. The van der Waals surface area contributed by atoms with Gasteiger partial charge in [0.25, 0.3) is 5.91 Å². The van der Waals surface area contributed by atoms with E-state index >= 15 is 0 Å². The minimum Gasteiger partial charge on any atom is -0.493 e. The van der Waals surface area contributed by atoms with Crippen LogP contribution in [0.5, 0.6) is 5.88 Å². The summed E-state index contributed by atoms with van der Waals surface area (Å²) in [6.07, 6.45) is 7.89. The molecule has 1 fully saturated rings. The molecule has 0 spiro atoms. The number of rotatable bonds is 4. The minimum atomic E-state index is -0.477. The van der Waals surface area contributed by atoms with Crippen LogP contribution in [-0.4, -0.2) is 38.6 Å². The van der Waals surface area contributed by atoms with Gasteiger partial charge in [0.2, 0.25) is 5.88 Å². The fourth-order valence-electron chi connectivity index (χ4n) is 3.66. The van der Waals surface area contributed by atoms with Crippen LogP contribution in [0.25, 0.3) is 10.9 Å². The maximum absolute atomic E-state index is 12.3. The van der Waals surface area contributed by atoms with Gasteiger partial charge in [-0.15, -0.1) is 10.2 Å². The van der Waals surface area contributed by atoms with Crippen molar-refractivity contribution in [2.24, 2.45) is 10.2 Å². The van der Waals surface area contributed by atoms with Gasteiger partial charge in [-0.2, -0.15) is 0 Å². The number of nitrogens with zero attached hydrogens (tertiary/aromatic N) is 5. The van der Waals surface area contributed by atoms with Gasteiger partial charge in [0.1, 0.15) is 0 Å². The van der Waals surface area contributed by atoms with E-state index in [2.05, 4.69) is 36.0 Å². The molecule has 1 N–H and O–H groups in total. The molecule has 3 aromatic rings. The summed E-state index contributed by atoms with van der Waals surface area (Å²) < 4.78 is 2.71. The summed E-state index contributed by atoms with van der Waals surface area (Å²) in [5.74, 6) is -0.455. The van der Waals surface area contributed by atoms with E-state index in [1.54, 1.807) is 12.1 Å². The smallest absolute Gasteiger partial charge is 0.295 e. The predicted molar refractivity (Wildman–Crippen MR) is 114 cm³/mol. The quantitative estimate of drug-likeness (QED) is 0.543. The maximum atomic E-state index is 12.3. The third kappa shape index (κ3) is 4.38. The molecular formula is C21H22BrN5O2. The third-order valence-corrected chi connectivity index (χ3v) is 5.67. The number of halogens is 1. The standard InChI is InChI=1S/C21H22BrN5O2/c22-16-5-6-18-17(13-16)19(24-25-20(28)15-7-9-23-10-8-15)21(29)27(18)14-26-11-3-1-2-4-12-26/h5-10,13,29H,1-4,11-12,14H2. The zero-order valence-corrected chi connectivity index (χ0v) is 17.5. The van der Waals surface area contributed by atoms with Crippen LogP contribution >= 0.6 is 15.9 Å². The number of hydrogen-bond acceptors (Lipinski definition) is 5. The van der Waals surface area contributed by atoms with Gasteiger partial charge in [-0.25, -0.2) is 0 Å². The lowest BCUT2D eigenvalue weighted by Gasteiger charge is -2.21. The van der Waals surface area contributed by atoms with E-state index in [0.717, 1.165) is 28.5 Å². The molecule has 3 heterocycles. The van der Waals surface area contributed by atoms with Crippen LogP contribution in [0.15, 0.2) is 57.4 Å². The first-order valence-electron chi connectivity index (χ1n) is 9.72. The summed E-state index contributed by atoms with van der Waals surface area (Å²) >= 11 is 3.48. The summed E-state index contributed by atoms with van der Waals surface area (Å²) in [6, 6.07) is 8.94. The van der Waals surface area contributed by atoms with Crippen LogP contribution in [0.1, 0.15) is 36.0 Å². The van der Waals surface area contributed by atoms with Crippen LogP contribution < -0.4 is 0 Å². The minimum absolute atomic E-state index is 0.0219. The van der Waals surface area contributed by atoms with E-state index in [0.29, 0.717) is 17.9 Å². The van der Waals surface area contributed by atoms with Crippen LogP contribution in [0, 0.1) is 0 Å². The largest absolute Gasteiger partial charge is 0.493 e. The number of hydrogen-bond donors (Lipinski definition) is 1. The number of aromatic hydroxyl groups is 1. The van der Waals surface area contributed by atoms with Gasteiger partial charge in [-0.1, -0.05) is 28.8 Å². The number of likely N-dealkylation sites (tertiary alicyclic amines) is 1. The van der Waals surface area contributed by atoms with Gasteiger partial charge in [0.05, 0.1) is 12.2 Å². The average Bonchev–Trinajstić information content (AvgIpc) is 2.90. The fourth-order valence-corrected chi connectivity index (χ4v) is 4.02. The first kappa shape index (κ1) is 19.7. The van der Waals surface area contributed by atoms with Gasteiger partial charge in [0, 0.05) is 27.8 Å². The fraction of sp³-hybridized carbons (Fsp3) is 0.333. The molecule has 0 saturated carbocycles. The Morgan fingerprint density at radius 3 is 2.55 bits per heavy atom. The van der Waals surface area contributed by atoms with Crippen LogP contribution in [0.3, 0.4) is 0 Å². The summed E-state index contributed by atoms with van der Waals surface area (Å²) in [7, 11) is 0. The topological polar surface area (TPSA) is 83.1 Å². The number of azo groups is 1. The monoisotopic (exact) mass is 455 g/mol. The number of pyridine rings is 1. The van der Waals surface area contributed by atoms with E-state index in [1.807, 2.05) is 22.8 Å². The molecule has 8 heteroatoms. The summed E-state index contributed by atoms with van der Waals surface area (Å²) in [5.41, 5.74) is 1.57. The van der Waals surface area contributed by atoms with Crippen molar-refractivity contribution in [3.8, 4) is 5.88 Å². The van der Waals surface area contributed by atoms with Crippen LogP contribution in [0.2, 0.25) is 0 Å². The molecule has 2 aromatic heterocycles. The van der Waals surface area contributed by atoms with Crippen molar-refractivity contribution in [2.45, 2.75) is 32.4 Å². The zero-order valence-electron chi connectivity index (χ0n) is 16.0. The molecule has 4 rings (SSSR count). The van der Waals surface area contributed by atoms with Gasteiger partial charge < -0.3 is 5.11 Å². The lowest BCUT2D eigenvalue weighted by molar-refractivity contribution is 0.0995. The Balaban J connectivity index is 1.69. The van der Waals surface area contributed by atoms with Crippen molar-refractivity contribution in [3.05, 3.63) is 52.8 Å². The second-order valence-electron chi connectivity index (χ2n) is 7.18. The summed E-state index contributed by atoms with van der Waals surface area (Å²) in [4.78, 5) is 18.5. The van der Waals surface area contributed by atoms with Crippen molar-refractivity contribution < 1.29 is 9.90 Å². The van der Waals surface area contributed by atoms with Crippen LogP contribution in [0.4, 0.5) is 5.69 Å². The van der Waals surface area contributed by atoms with Gasteiger partial charge in [-0.3, -0.25) is 19.2 Å². The highest BCUT2D eigenvalue weighted by atomic mass is 79.9. The number of benzene rings is 1. The number of carbonyl (C=O) groups excluding carboxylic acids is 1. The molecule has 0 unspecified atom stereocenters. The second kappa shape index (κ2) is 8.84. The third-order valence-electron chi connectivity index (χ3n) is 5.18. The number of carbonyl (C=O) groups is 1. The van der Waals surface area contributed by atoms with Crippen molar-refractivity contribution >= 4 is 38.4 Å². The Bertz CT molecular complexity index is 1040. The Labute approximate surface area is 177 Å². The molecule has 1 saturated heterocycles. The molecule has 0 atom stereocenters. The first-order valence-corrected chi connectivity index (χ1v) is 10.5. The molecule has 1 aliphatic rings. The number of fused-ring (bicyclic) bond motifs is 1. The SMILES string of the molecule is O=C(N=Nc1c(O)n(CN2CCCCCC2)c2ccc(Br)cc12)c1ccncc1. The van der Waals surface area contributed by atoms with Crippen molar-refractivity contribution in [2.75, 3.05) is 13.1 Å². The molecule has 1 aliphatic heterocycles. The zero-order chi connectivity index (χ0) is 20.2. The Morgan fingerprint density at radius 2 is 1.83 bits per heavy atom. The molecule has 0 aliphatic carbocycles. The molecular weight excluding hydrogens is 434 g/mol. The van der Waals surface area contributed by atoms with E-state index in [4.69, 9.17) is 0 Å². The van der Waals surface area contributed by atoms with E-state index < -0.39 is 5.91 Å². The Hall–Kier alpha value is -2.58. The highest BCUT2D eigenvalue weighted by molar-refractivity contribution is 9.10. The molecule has 1 aromatic carbocycles. The molecule has 0 radical (unpaired) electrons. The van der Waals surface area contributed by atoms with Crippen molar-refractivity contribution in [1.29, 1.82) is 0 Å². The number of amides is 1. The molecule has 7 nitrogen and oxygen atoms in total. The van der Waals surface area contributed by atoms with E-state index in [1.165, 1.54) is 38.1 Å². The lowest BCUT2D eigenvalue weighted by atomic mass is 10.2. The number of aromatic nitrogens is 2. The molecule has 1 amide bonds. The Morgan fingerprint density at radius 1 is 1.10 bits per heavy atom. The van der Waals surface area contributed by atoms with E-state index in [-0.39, 0.29) is 5.88 Å². The summed E-state index contributed by atoms with van der Waals surface area (Å²) in [6.45, 7) is 2.60. The van der Waals surface area contributed by atoms with Crippen molar-refractivity contribution in [3.63, 3.8) is 0 Å². The lowest BCUT2D eigenvalue weighted by Crippen LogP contribution is -2.27. The van der Waals surface area contributed by atoms with Crippen LogP contribution in [-0.2, 0) is 6.67 Å². The first-order chi connectivity index (χ1) is 14.1. The second-order valence-corrected chi connectivity index (χ2v) is 8.09. The highest BCUT2D eigenvalue weighted by Gasteiger charge is 2.20. The van der Waals surface area contributed by atoms with Crippen molar-refractivity contribution in [1.82, 2.24) is 14.5 Å². The van der Waals surface area contributed by atoms with Gasteiger partial charge in [-0.05, 0) is 56.3 Å². The van der Waals surface area contributed by atoms with E-state index in [9.17, 15) is 9.90 Å². The molecule has 29 heavy (non-hydrogen) atoms. The normalized spacial score (nSPS) is 15.8. The highest BCUT2D eigenvalue weighted by Crippen LogP contribution is 2.40. The van der Waals surface area contributed by atoms with Gasteiger partial charge in [0.15, 0.2) is 5.69 Å².